The number of rotatable bonds is 16. The van der Waals surface area contributed by atoms with Crippen LogP contribution in [0.4, 0.5) is 5.69 Å². The molecule has 0 amide bonds. The Kier molecular flexibility index (Phi) is 12.3. The van der Waals surface area contributed by atoms with Crippen LogP contribution in [0.15, 0.2) is 42.5 Å². The molecule has 1 fully saturated rings. The Hall–Kier alpha value is -2.40. The van der Waals surface area contributed by atoms with E-state index in [-0.39, 0.29) is 24.7 Å². The minimum atomic E-state index is -0.533. The fourth-order valence-corrected chi connectivity index (χ4v) is 5.30. The van der Waals surface area contributed by atoms with E-state index < -0.39 is 6.10 Å². The van der Waals surface area contributed by atoms with Crippen LogP contribution < -0.4 is 19.7 Å². The Bertz CT molecular complexity index is 1000. The number of aliphatic hydroxyl groups is 1. The number of nitrogens with zero attached hydrogens (tertiary/aromatic N) is 1. The van der Waals surface area contributed by atoms with E-state index in [1.165, 1.54) is 0 Å². The first-order valence-corrected chi connectivity index (χ1v) is 14.4. The fourth-order valence-electron chi connectivity index (χ4n) is 5.30. The highest BCUT2D eigenvalue weighted by atomic mass is 16.5. The van der Waals surface area contributed by atoms with Gasteiger partial charge in [-0.3, -0.25) is 0 Å². The second-order valence-electron chi connectivity index (χ2n) is 10.5. The number of piperidine rings is 1. The number of hydrogen-bond acceptors (Lipinski definition) is 9. The van der Waals surface area contributed by atoms with Gasteiger partial charge in [-0.05, 0) is 48.7 Å². The van der Waals surface area contributed by atoms with E-state index >= 15 is 0 Å². The van der Waals surface area contributed by atoms with Crippen LogP contribution >= 0.6 is 0 Å². The Morgan fingerprint density at radius 3 is 2.48 bits per heavy atom. The summed E-state index contributed by atoms with van der Waals surface area (Å²) in [5.74, 6) is 1.76. The largest absolute Gasteiger partial charge is 0.494 e. The van der Waals surface area contributed by atoms with Gasteiger partial charge in [0.1, 0.15) is 18.1 Å². The van der Waals surface area contributed by atoms with Gasteiger partial charge in [0.15, 0.2) is 0 Å². The van der Waals surface area contributed by atoms with Gasteiger partial charge in [-0.15, -0.1) is 0 Å². The Morgan fingerprint density at radius 1 is 0.975 bits per heavy atom. The van der Waals surface area contributed by atoms with Crippen LogP contribution in [-0.2, 0) is 25.6 Å². The first kappa shape index (κ1) is 30.6. The van der Waals surface area contributed by atoms with Crippen molar-refractivity contribution in [1.82, 2.24) is 5.32 Å². The first-order chi connectivity index (χ1) is 19.6. The smallest absolute Gasteiger partial charge is 0.142 e. The SMILES string of the molecule is COCCCOc1ccc([C@@H]2[C@@H](OCc3ccc4c(c3)N(CCCOC)CCO4)CNC[C@H]2OC[C@H](C)O)cc1. The van der Waals surface area contributed by atoms with E-state index in [9.17, 15) is 5.11 Å². The fraction of sp³-hybridized carbons (Fsp3) is 0.613. The Balaban J connectivity index is 1.45. The Labute approximate surface area is 238 Å². The molecule has 9 nitrogen and oxygen atoms in total. The number of benzene rings is 2. The van der Waals surface area contributed by atoms with Crippen LogP contribution in [0.2, 0.25) is 0 Å². The number of hydrogen-bond donors (Lipinski definition) is 2. The third kappa shape index (κ3) is 8.80. The molecule has 2 aliphatic rings. The molecule has 0 spiro atoms. The van der Waals surface area contributed by atoms with Gasteiger partial charge < -0.3 is 43.7 Å². The molecule has 2 N–H and O–H groups in total. The van der Waals surface area contributed by atoms with Crippen molar-refractivity contribution in [2.75, 3.05) is 78.3 Å². The van der Waals surface area contributed by atoms with E-state index in [2.05, 4.69) is 34.5 Å². The van der Waals surface area contributed by atoms with Crippen LogP contribution in [0.25, 0.3) is 0 Å². The van der Waals surface area contributed by atoms with Crippen molar-refractivity contribution in [2.45, 2.75) is 50.6 Å². The summed E-state index contributed by atoms with van der Waals surface area (Å²) in [6, 6.07) is 14.5. The van der Waals surface area contributed by atoms with Crippen molar-refractivity contribution in [3.63, 3.8) is 0 Å². The minimum Gasteiger partial charge on any atom is -0.494 e. The zero-order valence-electron chi connectivity index (χ0n) is 24.2. The van der Waals surface area contributed by atoms with Gasteiger partial charge in [-0.2, -0.15) is 0 Å². The van der Waals surface area contributed by atoms with Crippen LogP contribution in [-0.4, -0.2) is 96.9 Å². The van der Waals surface area contributed by atoms with Gasteiger partial charge in [0.05, 0.1) is 50.4 Å². The molecule has 0 bridgehead atoms. The van der Waals surface area contributed by atoms with E-state index in [0.717, 1.165) is 60.9 Å². The molecule has 0 aromatic heterocycles. The van der Waals surface area contributed by atoms with Crippen molar-refractivity contribution in [3.8, 4) is 11.5 Å². The van der Waals surface area contributed by atoms with Crippen molar-refractivity contribution < 1.29 is 33.5 Å². The molecule has 2 aromatic carbocycles. The summed E-state index contributed by atoms with van der Waals surface area (Å²) in [5, 5.41) is 13.4. The highest BCUT2D eigenvalue weighted by molar-refractivity contribution is 5.61. The summed E-state index contributed by atoms with van der Waals surface area (Å²) < 4.78 is 34.9. The number of nitrogens with one attached hydrogen (secondary N) is 1. The summed E-state index contributed by atoms with van der Waals surface area (Å²) >= 11 is 0. The third-order valence-electron chi connectivity index (χ3n) is 7.29. The molecule has 0 radical (unpaired) electrons. The summed E-state index contributed by atoms with van der Waals surface area (Å²) in [6.45, 7) is 8.42. The molecule has 2 aromatic rings. The van der Waals surface area contributed by atoms with Crippen LogP contribution in [0.5, 0.6) is 11.5 Å². The molecular weight excluding hydrogens is 512 g/mol. The molecule has 4 rings (SSSR count). The molecule has 2 heterocycles. The standard InChI is InChI=1S/C31H46N2O7/c1-23(34)21-39-29-19-32-20-30(31(29)25-7-9-26(10-8-25)37-16-5-15-36-3)40-22-24-6-11-28-27(18-24)33(13-17-38-28)12-4-14-35-2/h6-11,18,23,29-32,34H,4-5,12-17,19-22H2,1-3H3/t23-,29+,30-,31-/m0/s1. The van der Waals surface area contributed by atoms with Gasteiger partial charge in [0.2, 0.25) is 0 Å². The molecule has 0 aliphatic carbocycles. The molecule has 2 aliphatic heterocycles. The third-order valence-corrected chi connectivity index (χ3v) is 7.29. The van der Waals surface area contributed by atoms with Gasteiger partial charge in [0, 0.05) is 59.4 Å². The van der Waals surface area contributed by atoms with E-state index in [0.29, 0.717) is 39.5 Å². The van der Waals surface area contributed by atoms with E-state index in [1.54, 1.807) is 21.1 Å². The maximum absolute atomic E-state index is 9.88. The quantitative estimate of drug-likeness (QED) is 0.301. The summed E-state index contributed by atoms with van der Waals surface area (Å²) in [7, 11) is 3.43. The van der Waals surface area contributed by atoms with Crippen LogP contribution in [0.1, 0.15) is 36.8 Å². The highest BCUT2D eigenvalue weighted by Crippen LogP contribution is 2.35. The summed E-state index contributed by atoms with van der Waals surface area (Å²) in [6.07, 6.45) is 1.05. The maximum Gasteiger partial charge on any atom is 0.142 e. The van der Waals surface area contributed by atoms with Crippen LogP contribution in [0.3, 0.4) is 0 Å². The average molecular weight is 559 g/mol. The summed E-state index contributed by atoms with van der Waals surface area (Å²) in [4.78, 5) is 2.37. The van der Waals surface area contributed by atoms with Crippen molar-refractivity contribution in [1.29, 1.82) is 0 Å². The number of fused-ring (bicyclic) bond motifs is 1. The predicted octanol–water partition coefficient (Wildman–Crippen LogP) is 3.38. The number of anilines is 1. The molecule has 0 unspecified atom stereocenters. The van der Waals surface area contributed by atoms with Gasteiger partial charge in [-0.1, -0.05) is 18.2 Å². The average Bonchev–Trinajstić information content (AvgIpc) is 2.98. The van der Waals surface area contributed by atoms with Crippen molar-refractivity contribution in [2.24, 2.45) is 0 Å². The lowest BCUT2D eigenvalue weighted by molar-refractivity contribution is -0.0752. The second kappa shape index (κ2) is 16.1. The molecule has 9 heteroatoms. The number of methoxy groups -OCH3 is 2. The maximum atomic E-state index is 9.88. The molecule has 0 saturated carbocycles. The van der Waals surface area contributed by atoms with Crippen molar-refractivity contribution >= 4 is 5.69 Å². The monoisotopic (exact) mass is 558 g/mol. The van der Waals surface area contributed by atoms with Crippen LogP contribution in [0, 0.1) is 0 Å². The number of ether oxygens (including phenoxy) is 6. The number of aliphatic hydroxyl groups excluding tert-OH is 1. The lowest BCUT2D eigenvalue weighted by atomic mass is 9.85. The molecular formula is C31H46N2O7. The second-order valence-corrected chi connectivity index (χ2v) is 10.5. The summed E-state index contributed by atoms with van der Waals surface area (Å²) in [5.41, 5.74) is 3.35. The lowest BCUT2D eigenvalue weighted by Crippen LogP contribution is -2.51. The van der Waals surface area contributed by atoms with E-state index in [4.69, 9.17) is 28.4 Å². The zero-order valence-corrected chi connectivity index (χ0v) is 24.2. The lowest BCUT2D eigenvalue weighted by Gasteiger charge is -2.39. The van der Waals surface area contributed by atoms with Gasteiger partial charge in [-0.25, -0.2) is 0 Å². The predicted molar refractivity (Wildman–Crippen MR) is 155 cm³/mol. The highest BCUT2D eigenvalue weighted by Gasteiger charge is 2.36. The zero-order chi connectivity index (χ0) is 28.2. The van der Waals surface area contributed by atoms with E-state index in [1.807, 2.05) is 18.2 Å². The van der Waals surface area contributed by atoms with Gasteiger partial charge in [0.25, 0.3) is 0 Å². The normalized spacial score (nSPS) is 21.5. The van der Waals surface area contributed by atoms with Gasteiger partial charge >= 0.3 is 0 Å². The Morgan fingerprint density at radius 2 is 1.73 bits per heavy atom. The van der Waals surface area contributed by atoms with Crippen molar-refractivity contribution in [3.05, 3.63) is 53.6 Å². The molecule has 4 atom stereocenters. The minimum absolute atomic E-state index is 0.00837. The first-order valence-electron chi connectivity index (χ1n) is 14.4. The molecule has 1 saturated heterocycles. The topological polar surface area (TPSA) is 90.9 Å². The molecule has 40 heavy (non-hydrogen) atoms. The molecule has 222 valence electrons.